The van der Waals surface area contributed by atoms with E-state index in [1.165, 1.54) is 0 Å². The summed E-state index contributed by atoms with van der Waals surface area (Å²) in [6.45, 7) is 6.27. The SMILES string of the molecule is CCCNC1CC(Oc2cnn(CCC)c2)C1OC. The van der Waals surface area contributed by atoms with Crippen molar-refractivity contribution in [3.63, 3.8) is 0 Å². The minimum atomic E-state index is 0.138. The summed E-state index contributed by atoms with van der Waals surface area (Å²) in [4.78, 5) is 0. The van der Waals surface area contributed by atoms with Crippen molar-refractivity contribution in [3.05, 3.63) is 12.4 Å². The highest BCUT2D eigenvalue weighted by Gasteiger charge is 2.42. The van der Waals surface area contributed by atoms with Crippen LogP contribution in [0.25, 0.3) is 0 Å². The normalized spacial score (nSPS) is 26.2. The summed E-state index contributed by atoms with van der Waals surface area (Å²) in [5.41, 5.74) is 0. The van der Waals surface area contributed by atoms with Gasteiger partial charge in [0.25, 0.3) is 0 Å². The van der Waals surface area contributed by atoms with E-state index in [-0.39, 0.29) is 12.2 Å². The van der Waals surface area contributed by atoms with Crippen LogP contribution in [0.1, 0.15) is 33.1 Å². The smallest absolute Gasteiger partial charge is 0.157 e. The van der Waals surface area contributed by atoms with Crippen LogP contribution >= 0.6 is 0 Å². The van der Waals surface area contributed by atoms with Crippen molar-refractivity contribution < 1.29 is 9.47 Å². The Morgan fingerprint density at radius 2 is 2.26 bits per heavy atom. The van der Waals surface area contributed by atoms with Gasteiger partial charge in [0.1, 0.15) is 12.2 Å². The Hall–Kier alpha value is -1.07. The van der Waals surface area contributed by atoms with Crippen molar-refractivity contribution in [2.45, 2.75) is 57.9 Å². The summed E-state index contributed by atoms with van der Waals surface area (Å²) in [5.74, 6) is 0.842. The van der Waals surface area contributed by atoms with Gasteiger partial charge in [-0.3, -0.25) is 4.68 Å². The van der Waals surface area contributed by atoms with Gasteiger partial charge < -0.3 is 14.8 Å². The molecule has 1 N–H and O–H groups in total. The van der Waals surface area contributed by atoms with Crippen molar-refractivity contribution in [1.82, 2.24) is 15.1 Å². The number of methoxy groups -OCH3 is 1. The fourth-order valence-electron chi connectivity index (χ4n) is 2.47. The van der Waals surface area contributed by atoms with Gasteiger partial charge >= 0.3 is 0 Å². The Balaban J connectivity index is 1.82. The van der Waals surface area contributed by atoms with Gasteiger partial charge in [-0.05, 0) is 19.4 Å². The molecular formula is C14H25N3O2. The number of hydrogen-bond donors (Lipinski definition) is 1. The highest BCUT2D eigenvalue weighted by atomic mass is 16.5. The van der Waals surface area contributed by atoms with Crippen molar-refractivity contribution in [1.29, 1.82) is 0 Å². The third-order valence-corrected chi connectivity index (χ3v) is 3.53. The molecule has 1 aliphatic rings. The second-order valence-electron chi connectivity index (χ2n) is 5.09. The molecule has 3 unspecified atom stereocenters. The first kappa shape index (κ1) is 14.3. The zero-order valence-electron chi connectivity index (χ0n) is 12.1. The van der Waals surface area contributed by atoms with Gasteiger partial charge in [0.05, 0.1) is 12.4 Å². The second kappa shape index (κ2) is 6.91. The lowest BCUT2D eigenvalue weighted by molar-refractivity contribution is -0.0887. The Kier molecular flexibility index (Phi) is 5.22. The summed E-state index contributed by atoms with van der Waals surface area (Å²) >= 11 is 0. The van der Waals surface area contributed by atoms with Gasteiger partial charge in [0.15, 0.2) is 5.75 Å². The van der Waals surface area contributed by atoms with Gasteiger partial charge in [-0.1, -0.05) is 13.8 Å². The summed E-state index contributed by atoms with van der Waals surface area (Å²) in [6, 6.07) is 0.417. The van der Waals surface area contributed by atoms with E-state index in [2.05, 4.69) is 24.3 Å². The zero-order chi connectivity index (χ0) is 13.7. The number of rotatable bonds is 8. The molecule has 1 saturated carbocycles. The van der Waals surface area contributed by atoms with Gasteiger partial charge in [0, 0.05) is 26.1 Å². The van der Waals surface area contributed by atoms with Crippen LogP contribution in [0.5, 0.6) is 5.75 Å². The lowest BCUT2D eigenvalue weighted by Crippen LogP contribution is -2.61. The molecule has 5 nitrogen and oxygen atoms in total. The molecule has 1 aromatic heterocycles. The fourth-order valence-corrected chi connectivity index (χ4v) is 2.47. The van der Waals surface area contributed by atoms with E-state index in [4.69, 9.17) is 9.47 Å². The minimum absolute atomic E-state index is 0.138. The van der Waals surface area contributed by atoms with Crippen molar-refractivity contribution in [3.8, 4) is 5.75 Å². The monoisotopic (exact) mass is 267 g/mol. The average Bonchev–Trinajstić information content (AvgIpc) is 2.81. The third-order valence-electron chi connectivity index (χ3n) is 3.53. The molecule has 5 heteroatoms. The second-order valence-corrected chi connectivity index (χ2v) is 5.09. The molecule has 1 aromatic rings. The summed E-state index contributed by atoms with van der Waals surface area (Å²) < 4.78 is 13.4. The standard InChI is InChI=1S/C14H25N3O2/c1-4-6-15-12-8-13(14(12)18-3)19-11-9-16-17(10-11)7-5-2/h9-10,12-15H,4-8H2,1-3H3. The van der Waals surface area contributed by atoms with E-state index in [1.54, 1.807) is 13.3 Å². The number of ether oxygens (including phenoxy) is 2. The topological polar surface area (TPSA) is 48.3 Å². The molecule has 0 aliphatic heterocycles. The minimum Gasteiger partial charge on any atom is -0.484 e. The van der Waals surface area contributed by atoms with Crippen LogP contribution in [0, 0.1) is 0 Å². The predicted molar refractivity (Wildman–Crippen MR) is 74.4 cm³/mol. The van der Waals surface area contributed by atoms with Crippen LogP contribution in [0.15, 0.2) is 12.4 Å². The largest absolute Gasteiger partial charge is 0.484 e. The molecule has 0 bridgehead atoms. The molecule has 0 spiro atoms. The molecule has 108 valence electrons. The Labute approximate surface area is 115 Å². The molecule has 1 fully saturated rings. The maximum atomic E-state index is 5.94. The molecule has 3 atom stereocenters. The first-order chi connectivity index (χ1) is 9.28. The number of aryl methyl sites for hydroxylation is 1. The van der Waals surface area contributed by atoms with Crippen LogP contribution in [0.2, 0.25) is 0 Å². The van der Waals surface area contributed by atoms with E-state index in [0.717, 1.165) is 38.1 Å². The molecule has 0 amide bonds. The van der Waals surface area contributed by atoms with E-state index in [0.29, 0.717) is 6.04 Å². The number of hydrogen-bond acceptors (Lipinski definition) is 4. The summed E-state index contributed by atoms with van der Waals surface area (Å²) in [6.07, 6.45) is 7.24. The fraction of sp³-hybridized carbons (Fsp3) is 0.786. The lowest BCUT2D eigenvalue weighted by Gasteiger charge is -2.43. The number of nitrogens with zero attached hydrogens (tertiary/aromatic N) is 2. The molecule has 1 heterocycles. The molecule has 0 aromatic carbocycles. The predicted octanol–water partition coefficient (Wildman–Crippen LogP) is 1.83. The van der Waals surface area contributed by atoms with Crippen LogP contribution < -0.4 is 10.1 Å². The summed E-state index contributed by atoms with van der Waals surface area (Å²) in [7, 11) is 1.75. The van der Waals surface area contributed by atoms with Gasteiger partial charge in [0.2, 0.25) is 0 Å². The molecule has 1 aliphatic carbocycles. The maximum absolute atomic E-state index is 5.94. The van der Waals surface area contributed by atoms with Crippen LogP contribution in [-0.4, -0.2) is 41.7 Å². The van der Waals surface area contributed by atoms with E-state index >= 15 is 0 Å². The first-order valence-corrected chi connectivity index (χ1v) is 7.23. The molecular weight excluding hydrogens is 242 g/mol. The zero-order valence-corrected chi connectivity index (χ0v) is 12.1. The van der Waals surface area contributed by atoms with Crippen LogP contribution in [-0.2, 0) is 11.3 Å². The Morgan fingerprint density at radius 3 is 2.95 bits per heavy atom. The van der Waals surface area contributed by atoms with Crippen molar-refractivity contribution >= 4 is 0 Å². The van der Waals surface area contributed by atoms with Crippen LogP contribution in [0.3, 0.4) is 0 Å². The maximum Gasteiger partial charge on any atom is 0.157 e. The molecule has 0 radical (unpaired) electrons. The Morgan fingerprint density at radius 1 is 1.42 bits per heavy atom. The Bertz CT molecular complexity index is 381. The van der Waals surface area contributed by atoms with Gasteiger partial charge in [-0.2, -0.15) is 5.10 Å². The van der Waals surface area contributed by atoms with E-state index in [9.17, 15) is 0 Å². The average molecular weight is 267 g/mol. The van der Waals surface area contributed by atoms with Crippen molar-refractivity contribution in [2.75, 3.05) is 13.7 Å². The van der Waals surface area contributed by atoms with Gasteiger partial charge in [-0.15, -0.1) is 0 Å². The van der Waals surface area contributed by atoms with Gasteiger partial charge in [-0.25, -0.2) is 0 Å². The first-order valence-electron chi connectivity index (χ1n) is 7.23. The van der Waals surface area contributed by atoms with Crippen molar-refractivity contribution in [2.24, 2.45) is 0 Å². The number of nitrogens with one attached hydrogen (secondary N) is 1. The molecule has 2 rings (SSSR count). The van der Waals surface area contributed by atoms with Crippen LogP contribution in [0.4, 0.5) is 0 Å². The quantitative estimate of drug-likeness (QED) is 0.780. The third kappa shape index (κ3) is 3.48. The highest BCUT2D eigenvalue weighted by molar-refractivity contribution is 5.14. The molecule has 0 saturated heterocycles. The number of aromatic nitrogens is 2. The van der Waals surface area contributed by atoms with E-state index < -0.39 is 0 Å². The highest BCUT2D eigenvalue weighted by Crippen LogP contribution is 2.28. The lowest BCUT2D eigenvalue weighted by atomic mass is 9.85. The molecule has 19 heavy (non-hydrogen) atoms. The van der Waals surface area contributed by atoms with E-state index in [1.807, 2.05) is 10.9 Å². The summed E-state index contributed by atoms with van der Waals surface area (Å²) in [5, 5.41) is 7.76.